The summed E-state index contributed by atoms with van der Waals surface area (Å²) >= 11 is 0. The molecule has 98 valence electrons. The SMILES string of the molecule is CCCCCN1CC=C(c2ccc(O)cc2)CC1. The van der Waals surface area contributed by atoms with E-state index in [1.54, 1.807) is 12.1 Å². The van der Waals surface area contributed by atoms with Crippen molar-refractivity contribution in [3.63, 3.8) is 0 Å². The second kappa shape index (κ2) is 6.60. The number of phenolic OH excluding ortho intramolecular Hbond substituents is 1. The highest BCUT2D eigenvalue weighted by molar-refractivity contribution is 5.67. The van der Waals surface area contributed by atoms with Gasteiger partial charge in [0.1, 0.15) is 5.75 Å². The van der Waals surface area contributed by atoms with Gasteiger partial charge < -0.3 is 5.11 Å². The van der Waals surface area contributed by atoms with E-state index in [1.807, 2.05) is 12.1 Å². The quantitative estimate of drug-likeness (QED) is 0.800. The van der Waals surface area contributed by atoms with Gasteiger partial charge in [-0.05, 0) is 42.7 Å². The van der Waals surface area contributed by atoms with Gasteiger partial charge in [-0.25, -0.2) is 0 Å². The van der Waals surface area contributed by atoms with Crippen LogP contribution in [0.3, 0.4) is 0 Å². The number of benzene rings is 1. The van der Waals surface area contributed by atoms with Crippen LogP contribution in [0.1, 0.15) is 38.2 Å². The fourth-order valence-corrected chi connectivity index (χ4v) is 2.44. The zero-order chi connectivity index (χ0) is 12.8. The summed E-state index contributed by atoms with van der Waals surface area (Å²) in [6.07, 6.45) is 7.41. The van der Waals surface area contributed by atoms with Crippen LogP contribution in [0, 0.1) is 0 Å². The van der Waals surface area contributed by atoms with E-state index in [1.165, 1.54) is 36.9 Å². The van der Waals surface area contributed by atoms with Crippen molar-refractivity contribution in [2.45, 2.75) is 32.6 Å². The second-order valence-corrected chi connectivity index (χ2v) is 5.03. The van der Waals surface area contributed by atoms with Gasteiger partial charge in [-0.1, -0.05) is 38.0 Å². The Balaban J connectivity index is 1.88. The highest BCUT2D eigenvalue weighted by Crippen LogP contribution is 2.24. The van der Waals surface area contributed by atoms with Crippen molar-refractivity contribution >= 4 is 5.57 Å². The van der Waals surface area contributed by atoms with Crippen LogP contribution in [0.25, 0.3) is 5.57 Å². The second-order valence-electron chi connectivity index (χ2n) is 5.03. The lowest BCUT2D eigenvalue weighted by atomic mass is 9.99. The minimum atomic E-state index is 0.344. The fourth-order valence-electron chi connectivity index (χ4n) is 2.44. The predicted molar refractivity (Wildman–Crippen MR) is 76.7 cm³/mol. The largest absolute Gasteiger partial charge is 0.508 e. The first-order valence-electron chi connectivity index (χ1n) is 7.00. The Hall–Kier alpha value is -1.28. The summed E-state index contributed by atoms with van der Waals surface area (Å²) in [5, 5.41) is 9.29. The molecule has 0 atom stereocenters. The van der Waals surface area contributed by atoms with Crippen LogP contribution in [-0.2, 0) is 0 Å². The molecular weight excluding hydrogens is 222 g/mol. The van der Waals surface area contributed by atoms with Crippen LogP contribution in [0.4, 0.5) is 0 Å². The number of aromatic hydroxyl groups is 1. The Bertz CT molecular complexity index is 394. The molecule has 0 saturated carbocycles. The van der Waals surface area contributed by atoms with Gasteiger partial charge in [0.05, 0.1) is 0 Å². The maximum Gasteiger partial charge on any atom is 0.115 e. The van der Waals surface area contributed by atoms with E-state index in [0.29, 0.717) is 5.75 Å². The Kier molecular flexibility index (Phi) is 4.82. The van der Waals surface area contributed by atoms with Crippen LogP contribution in [-0.4, -0.2) is 29.6 Å². The highest BCUT2D eigenvalue weighted by Gasteiger charge is 2.12. The van der Waals surface area contributed by atoms with Crippen LogP contribution in [0.15, 0.2) is 30.3 Å². The molecule has 0 saturated heterocycles. The molecule has 0 amide bonds. The van der Waals surface area contributed by atoms with Crippen molar-refractivity contribution in [3.05, 3.63) is 35.9 Å². The molecule has 1 aliphatic heterocycles. The van der Waals surface area contributed by atoms with Gasteiger partial charge in [-0.2, -0.15) is 0 Å². The summed E-state index contributed by atoms with van der Waals surface area (Å²) in [5.74, 6) is 0.344. The van der Waals surface area contributed by atoms with E-state index in [9.17, 15) is 5.11 Å². The first-order chi connectivity index (χ1) is 8.79. The summed E-state index contributed by atoms with van der Waals surface area (Å²) in [5.41, 5.74) is 2.67. The minimum absolute atomic E-state index is 0.344. The lowest BCUT2D eigenvalue weighted by molar-refractivity contribution is 0.294. The van der Waals surface area contributed by atoms with Crippen molar-refractivity contribution in [3.8, 4) is 5.75 Å². The molecule has 2 rings (SSSR count). The number of unbranched alkanes of at least 4 members (excludes halogenated alkanes) is 2. The fraction of sp³-hybridized carbons (Fsp3) is 0.500. The first-order valence-corrected chi connectivity index (χ1v) is 7.00. The molecule has 2 heteroatoms. The maximum absolute atomic E-state index is 9.29. The van der Waals surface area contributed by atoms with Gasteiger partial charge in [-0.3, -0.25) is 4.90 Å². The highest BCUT2D eigenvalue weighted by atomic mass is 16.3. The van der Waals surface area contributed by atoms with Gasteiger partial charge in [0, 0.05) is 13.1 Å². The van der Waals surface area contributed by atoms with Crippen LogP contribution in [0.2, 0.25) is 0 Å². The van der Waals surface area contributed by atoms with Crippen molar-refractivity contribution in [2.75, 3.05) is 19.6 Å². The lowest BCUT2D eigenvalue weighted by Gasteiger charge is -2.26. The molecule has 18 heavy (non-hydrogen) atoms. The molecule has 1 aromatic rings. The van der Waals surface area contributed by atoms with Gasteiger partial charge in [-0.15, -0.1) is 0 Å². The number of phenols is 1. The van der Waals surface area contributed by atoms with Gasteiger partial charge in [0.25, 0.3) is 0 Å². The molecule has 0 bridgehead atoms. The topological polar surface area (TPSA) is 23.5 Å². The van der Waals surface area contributed by atoms with E-state index >= 15 is 0 Å². The van der Waals surface area contributed by atoms with Crippen LogP contribution >= 0.6 is 0 Å². The molecule has 0 aromatic heterocycles. The van der Waals surface area contributed by atoms with Gasteiger partial charge in [0.2, 0.25) is 0 Å². The number of hydrogen-bond acceptors (Lipinski definition) is 2. The van der Waals surface area contributed by atoms with Crippen molar-refractivity contribution < 1.29 is 5.11 Å². The average molecular weight is 245 g/mol. The zero-order valence-electron chi connectivity index (χ0n) is 11.2. The van der Waals surface area contributed by atoms with E-state index in [-0.39, 0.29) is 0 Å². The summed E-state index contributed by atoms with van der Waals surface area (Å²) in [7, 11) is 0. The van der Waals surface area contributed by atoms with Crippen molar-refractivity contribution in [1.29, 1.82) is 0 Å². The maximum atomic E-state index is 9.29. The van der Waals surface area contributed by atoms with E-state index in [2.05, 4.69) is 17.9 Å². The normalized spacial score (nSPS) is 16.6. The first kappa shape index (κ1) is 13.2. The third kappa shape index (κ3) is 3.61. The summed E-state index contributed by atoms with van der Waals surface area (Å²) in [4.78, 5) is 2.53. The van der Waals surface area contributed by atoms with Gasteiger partial charge in [0.15, 0.2) is 0 Å². The standard InChI is InChI=1S/C16H23NO/c1-2-3-4-11-17-12-9-15(10-13-17)14-5-7-16(18)8-6-14/h5-9,18H,2-4,10-13H2,1H3. The molecule has 1 N–H and O–H groups in total. The van der Waals surface area contributed by atoms with Crippen LogP contribution in [0.5, 0.6) is 5.75 Å². The number of rotatable bonds is 5. The number of hydrogen-bond donors (Lipinski definition) is 1. The molecule has 0 spiro atoms. The smallest absolute Gasteiger partial charge is 0.115 e. The molecule has 0 fully saturated rings. The Labute approximate surface area is 110 Å². The van der Waals surface area contributed by atoms with Crippen LogP contribution < -0.4 is 0 Å². The Morgan fingerprint density at radius 2 is 1.94 bits per heavy atom. The molecule has 1 heterocycles. The molecule has 0 unspecified atom stereocenters. The zero-order valence-corrected chi connectivity index (χ0v) is 11.2. The summed E-state index contributed by atoms with van der Waals surface area (Å²) < 4.78 is 0. The molecule has 0 aliphatic carbocycles. The van der Waals surface area contributed by atoms with Crippen molar-refractivity contribution in [1.82, 2.24) is 4.90 Å². The number of nitrogens with zero attached hydrogens (tertiary/aromatic N) is 1. The predicted octanol–water partition coefficient (Wildman–Crippen LogP) is 3.67. The van der Waals surface area contributed by atoms with E-state index in [0.717, 1.165) is 19.5 Å². The minimum Gasteiger partial charge on any atom is -0.508 e. The molecular formula is C16H23NO. The molecule has 0 radical (unpaired) electrons. The molecule has 2 nitrogen and oxygen atoms in total. The average Bonchev–Trinajstić information content (AvgIpc) is 2.41. The van der Waals surface area contributed by atoms with E-state index < -0.39 is 0 Å². The summed E-state index contributed by atoms with van der Waals surface area (Å²) in [6.45, 7) is 5.71. The van der Waals surface area contributed by atoms with Crippen molar-refractivity contribution in [2.24, 2.45) is 0 Å². The van der Waals surface area contributed by atoms with Gasteiger partial charge >= 0.3 is 0 Å². The lowest BCUT2D eigenvalue weighted by Crippen LogP contribution is -2.29. The Morgan fingerprint density at radius 1 is 1.17 bits per heavy atom. The molecule has 1 aromatic carbocycles. The monoisotopic (exact) mass is 245 g/mol. The third-order valence-electron chi connectivity index (χ3n) is 3.61. The third-order valence-corrected chi connectivity index (χ3v) is 3.61. The summed E-state index contributed by atoms with van der Waals surface area (Å²) in [6, 6.07) is 7.55. The Morgan fingerprint density at radius 3 is 2.56 bits per heavy atom. The molecule has 1 aliphatic rings. The van der Waals surface area contributed by atoms with E-state index in [4.69, 9.17) is 0 Å².